The average molecular weight is 537 g/mol. The summed E-state index contributed by atoms with van der Waals surface area (Å²) in [5.74, 6) is -0.712. The van der Waals surface area contributed by atoms with E-state index in [0.717, 1.165) is 69.3 Å². The van der Waals surface area contributed by atoms with Gasteiger partial charge < -0.3 is 19.4 Å². The summed E-state index contributed by atoms with van der Waals surface area (Å²) < 4.78 is 10.4. The Morgan fingerprint density at radius 3 is 1.48 bits per heavy atom. The number of hydrogen-bond donors (Lipinski definition) is 2. The number of H-pyrrole nitrogens is 2. The Morgan fingerprint density at radius 2 is 1.05 bits per heavy atom. The monoisotopic (exact) mass is 536 g/mol. The molecule has 0 atom stereocenters. The van der Waals surface area contributed by atoms with Crippen LogP contribution in [0.5, 0.6) is 0 Å². The van der Waals surface area contributed by atoms with Crippen LogP contribution >= 0.6 is 0 Å². The van der Waals surface area contributed by atoms with Gasteiger partial charge in [-0.25, -0.2) is 19.6 Å². The van der Waals surface area contributed by atoms with E-state index in [1.165, 1.54) is 0 Å². The highest BCUT2D eigenvalue weighted by atomic mass is 16.5. The van der Waals surface area contributed by atoms with Gasteiger partial charge >= 0.3 is 11.9 Å². The highest BCUT2D eigenvalue weighted by molar-refractivity contribution is 6.09. The third-order valence-electron chi connectivity index (χ3n) is 6.66. The van der Waals surface area contributed by atoms with Gasteiger partial charge in [0, 0.05) is 32.6 Å². The van der Waals surface area contributed by atoms with E-state index in [9.17, 15) is 9.59 Å². The van der Waals surface area contributed by atoms with Crippen molar-refractivity contribution in [2.45, 2.75) is 39.5 Å². The van der Waals surface area contributed by atoms with Crippen molar-refractivity contribution in [2.24, 2.45) is 0 Å². The van der Waals surface area contributed by atoms with E-state index in [0.29, 0.717) is 24.6 Å². The van der Waals surface area contributed by atoms with E-state index < -0.39 is 0 Å². The zero-order chi connectivity index (χ0) is 27.9. The van der Waals surface area contributed by atoms with Crippen molar-refractivity contribution in [3.63, 3.8) is 0 Å². The number of carbonyl (C=O) groups excluding carboxylic acids is 2. The molecule has 0 aliphatic carbocycles. The largest absolute Gasteiger partial charge is 0.461 e. The van der Waals surface area contributed by atoms with Gasteiger partial charge in [0.25, 0.3) is 0 Å². The molecular weight excluding hydrogens is 504 g/mol. The third-order valence-corrected chi connectivity index (χ3v) is 6.66. The van der Waals surface area contributed by atoms with Crippen LogP contribution in [0.2, 0.25) is 0 Å². The lowest BCUT2D eigenvalue weighted by Gasteiger charge is -2.03. The highest BCUT2D eigenvalue weighted by Gasteiger charge is 2.13. The Balaban J connectivity index is 0.000000161. The van der Waals surface area contributed by atoms with Crippen molar-refractivity contribution >= 4 is 55.6 Å². The van der Waals surface area contributed by atoms with Crippen LogP contribution in [0.25, 0.3) is 43.6 Å². The molecule has 0 amide bonds. The molecule has 0 saturated carbocycles. The maximum Gasteiger partial charge on any atom is 0.356 e. The zero-order valence-corrected chi connectivity index (χ0v) is 22.7. The summed E-state index contributed by atoms with van der Waals surface area (Å²) in [7, 11) is 0. The average Bonchev–Trinajstić information content (AvgIpc) is 3.55. The van der Waals surface area contributed by atoms with Crippen molar-refractivity contribution in [3.05, 3.63) is 84.4 Å². The zero-order valence-electron chi connectivity index (χ0n) is 22.7. The topological polar surface area (TPSA) is 110 Å². The number of nitrogens with zero attached hydrogens (tertiary/aromatic N) is 2. The van der Waals surface area contributed by atoms with Gasteiger partial charge in [-0.1, -0.05) is 63.1 Å². The predicted octanol–water partition coefficient (Wildman–Crippen LogP) is 7.35. The van der Waals surface area contributed by atoms with E-state index in [2.05, 4.69) is 33.8 Å². The predicted molar refractivity (Wildman–Crippen MR) is 158 cm³/mol. The van der Waals surface area contributed by atoms with Crippen LogP contribution in [0, 0.1) is 0 Å². The molecule has 0 saturated heterocycles. The SMILES string of the molecule is CCCCOC(=O)c1cc2c(cn1)[nH]c1ccccc12.CCCCOC(=O)c1cc2c(cn1)[nH]c1ccccc12. The lowest BCUT2D eigenvalue weighted by Crippen LogP contribution is -2.08. The van der Waals surface area contributed by atoms with E-state index in [1.54, 1.807) is 24.5 Å². The fourth-order valence-electron chi connectivity index (χ4n) is 4.49. The summed E-state index contributed by atoms with van der Waals surface area (Å²) in [5.41, 5.74) is 4.66. The molecule has 2 N–H and O–H groups in total. The van der Waals surface area contributed by atoms with Crippen LogP contribution in [-0.2, 0) is 9.47 Å². The minimum Gasteiger partial charge on any atom is -0.461 e. The van der Waals surface area contributed by atoms with E-state index >= 15 is 0 Å². The minimum atomic E-state index is -0.356. The minimum absolute atomic E-state index is 0.356. The van der Waals surface area contributed by atoms with E-state index in [-0.39, 0.29) is 11.9 Å². The van der Waals surface area contributed by atoms with Gasteiger partial charge in [0.15, 0.2) is 0 Å². The molecule has 6 rings (SSSR count). The number of esters is 2. The third kappa shape index (κ3) is 5.81. The maximum atomic E-state index is 11.9. The number of aromatic nitrogens is 4. The van der Waals surface area contributed by atoms with Crippen molar-refractivity contribution in [3.8, 4) is 0 Å². The second kappa shape index (κ2) is 12.4. The van der Waals surface area contributed by atoms with Crippen LogP contribution in [0.1, 0.15) is 60.5 Å². The Morgan fingerprint density at radius 1 is 0.625 bits per heavy atom. The maximum absolute atomic E-state index is 11.9. The first-order valence-corrected chi connectivity index (χ1v) is 13.7. The Labute approximate surface area is 231 Å². The molecule has 0 aliphatic heterocycles. The molecule has 0 spiro atoms. The van der Waals surface area contributed by atoms with Crippen molar-refractivity contribution in [2.75, 3.05) is 13.2 Å². The lowest BCUT2D eigenvalue weighted by molar-refractivity contribution is 0.0484. The normalized spacial score (nSPS) is 11.1. The molecule has 0 fully saturated rings. The first-order valence-electron chi connectivity index (χ1n) is 13.7. The number of nitrogens with one attached hydrogen (secondary N) is 2. The molecule has 4 heterocycles. The Hall–Kier alpha value is -4.72. The van der Waals surface area contributed by atoms with Crippen LogP contribution in [0.3, 0.4) is 0 Å². The van der Waals surface area contributed by atoms with Crippen molar-refractivity contribution in [1.29, 1.82) is 0 Å². The first-order chi connectivity index (χ1) is 19.6. The second-order valence-corrected chi connectivity index (χ2v) is 9.55. The molecule has 2 aromatic carbocycles. The summed E-state index contributed by atoms with van der Waals surface area (Å²) in [6, 6.07) is 19.6. The summed E-state index contributed by atoms with van der Waals surface area (Å²) in [4.78, 5) is 38.8. The van der Waals surface area contributed by atoms with Crippen LogP contribution in [0.4, 0.5) is 0 Å². The molecule has 4 aromatic heterocycles. The molecular formula is C32H32N4O4. The number of ether oxygens (including phenoxy) is 2. The van der Waals surface area contributed by atoms with Crippen molar-refractivity contribution < 1.29 is 19.1 Å². The van der Waals surface area contributed by atoms with Gasteiger partial charge in [0.05, 0.1) is 36.6 Å². The van der Waals surface area contributed by atoms with Crippen molar-refractivity contribution in [1.82, 2.24) is 19.9 Å². The number of aromatic amines is 2. The molecule has 0 unspecified atom stereocenters. The lowest BCUT2D eigenvalue weighted by atomic mass is 10.1. The van der Waals surface area contributed by atoms with Crippen LogP contribution in [0.15, 0.2) is 73.1 Å². The van der Waals surface area contributed by atoms with Gasteiger partial charge in [-0.05, 0) is 37.1 Å². The number of hydrogen-bond acceptors (Lipinski definition) is 6. The van der Waals surface area contributed by atoms with Gasteiger partial charge in [-0.15, -0.1) is 0 Å². The number of benzene rings is 2. The first kappa shape index (κ1) is 26.9. The molecule has 0 aliphatic rings. The molecule has 6 aromatic rings. The van der Waals surface area contributed by atoms with E-state index in [4.69, 9.17) is 9.47 Å². The summed E-state index contributed by atoms with van der Waals surface area (Å²) >= 11 is 0. The number of carbonyl (C=O) groups is 2. The molecule has 40 heavy (non-hydrogen) atoms. The van der Waals surface area contributed by atoms with Gasteiger partial charge in [-0.3, -0.25) is 0 Å². The number of rotatable bonds is 8. The number of pyridine rings is 2. The molecule has 8 nitrogen and oxygen atoms in total. The Kier molecular flexibility index (Phi) is 8.35. The molecule has 204 valence electrons. The Bertz CT molecular complexity index is 1650. The standard InChI is InChI=1S/2C16H16N2O2/c2*1-2-3-8-20-16(19)14-9-12-11-6-4-5-7-13(11)18-15(12)10-17-14/h2*4-7,9-10,18H,2-3,8H2,1H3. The second-order valence-electron chi connectivity index (χ2n) is 9.55. The van der Waals surface area contributed by atoms with Crippen LogP contribution < -0.4 is 0 Å². The fraction of sp³-hybridized carbons (Fsp3) is 0.250. The van der Waals surface area contributed by atoms with Gasteiger partial charge in [-0.2, -0.15) is 0 Å². The molecule has 0 bridgehead atoms. The summed E-state index contributed by atoms with van der Waals surface area (Å²) in [6.07, 6.45) is 7.13. The smallest absolute Gasteiger partial charge is 0.356 e. The summed E-state index contributed by atoms with van der Waals surface area (Å²) in [6.45, 7) is 5.01. The molecule has 0 radical (unpaired) electrons. The number of fused-ring (bicyclic) bond motifs is 6. The van der Waals surface area contributed by atoms with Gasteiger partial charge in [0.2, 0.25) is 0 Å². The quantitative estimate of drug-likeness (QED) is 0.155. The fourth-order valence-corrected chi connectivity index (χ4v) is 4.49. The molecule has 8 heteroatoms. The number of para-hydroxylation sites is 2. The van der Waals surface area contributed by atoms with Gasteiger partial charge in [0.1, 0.15) is 11.4 Å². The van der Waals surface area contributed by atoms with Crippen LogP contribution in [-0.4, -0.2) is 45.1 Å². The number of unbranched alkanes of at least 4 members (excludes halogenated alkanes) is 2. The van der Waals surface area contributed by atoms with E-state index in [1.807, 2.05) is 48.5 Å². The summed E-state index contributed by atoms with van der Waals surface area (Å²) in [5, 5.41) is 4.18. The highest BCUT2D eigenvalue weighted by Crippen LogP contribution is 2.26.